The van der Waals surface area contributed by atoms with Gasteiger partial charge in [-0.3, -0.25) is 19.1 Å². The number of aliphatic imine (C=N–C) groups is 1. The normalized spacial score (nSPS) is 20.9. The van der Waals surface area contributed by atoms with Crippen molar-refractivity contribution in [2.75, 3.05) is 25.4 Å². The Morgan fingerprint density at radius 2 is 2.02 bits per heavy atom. The molecule has 3 atom stereocenters. The Morgan fingerprint density at radius 1 is 1.33 bits per heavy atom. The Morgan fingerprint density at radius 3 is 2.57 bits per heavy atom. The van der Waals surface area contributed by atoms with E-state index in [9.17, 15) is 27.9 Å². The number of carbonyl (C=O) groups is 3. The number of amidine groups is 1. The van der Waals surface area contributed by atoms with Gasteiger partial charge in [0.05, 0.1) is 11.6 Å². The van der Waals surface area contributed by atoms with Crippen LogP contribution in [-0.4, -0.2) is 101 Å². The van der Waals surface area contributed by atoms with E-state index >= 15 is 0 Å². The minimum absolute atomic E-state index is 0.0593. The van der Waals surface area contributed by atoms with Gasteiger partial charge >= 0.3 is 16.4 Å². The molecule has 4 rings (SSSR count). The summed E-state index contributed by atoms with van der Waals surface area (Å²) in [6.45, 7) is 3.82. The summed E-state index contributed by atoms with van der Waals surface area (Å²) in [4.78, 5) is 51.4. The Bertz CT molecular complexity index is 1640. The molecule has 2 saturated heterocycles. The number of nitrogens with two attached hydrogens (primary N) is 2. The van der Waals surface area contributed by atoms with Crippen LogP contribution in [0, 0.1) is 0 Å². The van der Waals surface area contributed by atoms with Crippen LogP contribution in [0.15, 0.2) is 34.4 Å². The molecule has 8 N–H and O–H groups in total. The predicted molar refractivity (Wildman–Crippen MR) is 165 cm³/mol. The van der Waals surface area contributed by atoms with Gasteiger partial charge in [0, 0.05) is 12.1 Å². The summed E-state index contributed by atoms with van der Waals surface area (Å²) in [5.41, 5.74) is 10.1. The molecule has 1 aromatic carbocycles. The largest absolute Gasteiger partial charge is 0.489 e. The number of hydroxylamine groups is 2. The van der Waals surface area contributed by atoms with E-state index in [1.807, 2.05) is 0 Å². The molecule has 0 bridgehead atoms. The quantitative estimate of drug-likeness (QED) is 0.0524. The number of carboxylic acids is 1. The molecule has 250 valence electrons. The molecule has 3 heterocycles. The molecule has 2 amide bonds. The predicted octanol–water partition coefficient (Wildman–Crippen LogP) is -0.0711. The number of thiazole rings is 1. The van der Waals surface area contributed by atoms with E-state index in [4.69, 9.17) is 37.2 Å². The second kappa shape index (κ2) is 14.1. The van der Waals surface area contributed by atoms with Crippen LogP contribution < -0.4 is 26.8 Å². The third kappa shape index (κ3) is 8.39. The third-order valence-corrected chi connectivity index (χ3v) is 8.27. The summed E-state index contributed by atoms with van der Waals surface area (Å²) in [5, 5.41) is 19.3. The van der Waals surface area contributed by atoms with E-state index < -0.39 is 58.2 Å². The molecule has 0 saturated carbocycles. The molecule has 2 fully saturated rings. The van der Waals surface area contributed by atoms with E-state index in [1.165, 1.54) is 13.8 Å². The molecule has 2 aliphatic heterocycles. The van der Waals surface area contributed by atoms with Crippen molar-refractivity contribution in [1.82, 2.24) is 20.7 Å². The van der Waals surface area contributed by atoms with Gasteiger partial charge < -0.3 is 36.8 Å². The molecular formula is C25H31ClN8O10S2. The summed E-state index contributed by atoms with van der Waals surface area (Å²) < 4.78 is 40.9. The van der Waals surface area contributed by atoms with Crippen molar-refractivity contribution in [2.24, 2.45) is 15.9 Å². The summed E-state index contributed by atoms with van der Waals surface area (Å²) in [6.07, 6.45) is 0.206. The Labute approximate surface area is 271 Å². The number of halogens is 1. The number of amides is 2. The molecule has 0 radical (unpaired) electrons. The molecular weight excluding hydrogens is 672 g/mol. The molecule has 0 aliphatic carbocycles. The second-order valence-corrected chi connectivity index (χ2v) is 13.2. The molecule has 46 heavy (non-hydrogen) atoms. The fourth-order valence-corrected chi connectivity index (χ4v) is 5.83. The van der Waals surface area contributed by atoms with Crippen molar-refractivity contribution in [3.05, 3.63) is 39.9 Å². The number of carbonyl (C=O) groups excluding carboxylic acids is 2. The zero-order chi connectivity index (χ0) is 33.8. The number of anilines is 1. The van der Waals surface area contributed by atoms with Gasteiger partial charge in [0.15, 0.2) is 10.8 Å². The first kappa shape index (κ1) is 34.8. The monoisotopic (exact) mass is 702 g/mol. The lowest BCUT2D eigenvalue weighted by molar-refractivity contribution is -0.218. The fourth-order valence-electron chi connectivity index (χ4n) is 4.45. The standard InChI is InChI=1S/C25H31ClN8O10S2/c1-25(2)18(22(36)34(25)44-46(39,40)41)32-21(35)17(16-19(26)45-24(28)31-16)33-43-15(23(37)38)11-42-14-7-5-12(6-8-14)20(27)30-13-4-3-9-29-10-13/h5-8,13,15,18,29H,3-4,9-11H2,1-2H3,(H2,27,30)(H2,28,31)(H,32,35)(H,37,38)(H,39,40,41). The number of β-lactam (4-membered cyclic amide) rings is 1. The van der Waals surface area contributed by atoms with Crippen molar-refractivity contribution in [1.29, 1.82) is 0 Å². The lowest BCUT2D eigenvalue weighted by atomic mass is 9.84. The first-order valence-electron chi connectivity index (χ1n) is 13.5. The summed E-state index contributed by atoms with van der Waals surface area (Å²) in [7, 11) is -5.04. The van der Waals surface area contributed by atoms with Gasteiger partial charge in [0.2, 0.25) is 0 Å². The van der Waals surface area contributed by atoms with Gasteiger partial charge in [0.25, 0.3) is 17.9 Å². The summed E-state index contributed by atoms with van der Waals surface area (Å²) in [5.74, 6) is -2.98. The van der Waals surface area contributed by atoms with Crippen LogP contribution in [0.1, 0.15) is 37.9 Å². The lowest BCUT2D eigenvalue weighted by Gasteiger charge is -2.50. The number of rotatable bonds is 13. The number of nitrogen functional groups attached to an aromatic ring is 1. The van der Waals surface area contributed by atoms with Crippen molar-refractivity contribution >= 4 is 67.8 Å². The van der Waals surface area contributed by atoms with Crippen molar-refractivity contribution in [2.45, 2.75) is 50.4 Å². The zero-order valence-corrected chi connectivity index (χ0v) is 26.8. The number of nitrogens with one attached hydrogen (secondary N) is 2. The number of oxime groups is 1. The second-order valence-electron chi connectivity index (χ2n) is 10.6. The molecule has 3 unspecified atom stereocenters. The average Bonchev–Trinajstić information content (AvgIpc) is 3.33. The minimum atomic E-state index is -5.04. The van der Waals surface area contributed by atoms with Gasteiger partial charge in [-0.15, -0.1) is 4.28 Å². The van der Waals surface area contributed by atoms with Gasteiger partial charge in [-0.25, -0.2) is 9.78 Å². The van der Waals surface area contributed by atoms with Crippen LogP contribution >= 0.6 is 22.9 Å². The number of aromatic nitrogens is 1. The highest BCUT2D eigenvalue weighted by atomic mass is 35.5. The molecule has 21 heteroatoms. The van der Waals surface area contributed by atoms with Gasteiger partial charge in [-0.05, 0) is 57.5 Å². The lowest BCUT2D eigenvalue weighted by Crippen LogP contribution is -2.76. The van der Waals surface area contributed by atoms with Crippen LogP contribution in [0.2, 0.25) is 4.34 Å². The SMILES string of the molecule is CC1(C)C(NC(=O)C(=NOC(COc2ccc(C(N)=NC3CCCNC3)cc2)C(=O)O)c2nc(N)sc2Cl)C(=O)N1OS(=O)(=O)O. The number of benzene rings is 1. The fraction of sp³-hybridized carbons (Fsp3) is 0.440. The maximum atomic E-state index is 13.3. The number of carboxylic acid groups (broad SMARTS) is 1. The number of piperidine rings is 1. The van der Waals surface area contributed by atoms with E-state index in [0.29, 0.717) is 16.5 Å². The van der Waals surface area contributed by atoms with Crippen LogP contribution in [0.3, 0.4) is 0 Å². The van der Waals surface area contributed by atoms with Crippen LogP contribution in [-0.2, 0) is 33.9 Å². The van der Waals surface area contributed by atoms with Crippen molar-refractivity contribution < 1.29 is 46.3 Å². The summed E-state index contributed by atoms with van der Waals surface area (Å²) >= 11 is 6.95. The van der Waals surface area contributed by atoms with Crippen LogP contribution in [0.4, 0.5) is 5.13 Å². The average molecular weight is 703 g/mol. The Balaban J connectivity index is 1.46. The first-order chi connectivity index (χ1) is 21.6. The molecule has 2 aromatic rings. The molecule has 2 aliphatic rings. The van der Waals surface area contributed by atoms with Gasteiger partial charge in [0.1, 0.15) is 34.3 Å². The number of hydrogen-bond donors (Lipinski definition) is 6. The number of hydrogen-bond acceptors (Lipinski definition) is 14. The maximum Gasteiger partial charge on any atom is 0.418 e. The van der Waals surface area contributed by atoms with E-state index in [0.717, 1.165) is 37.3 Å². The molecule has 18 nitrogen and oxygen atoms in total. The van der Waals surface area contributed by atoms with Crippen LogP contribution in [0.25, 0.3) is 0 Å². The zero-order valence-electron chi connectivity index (χ0n) is 24.4. The Kier molecular flexibility index (Phi) is 10.7. The molecule has 0 spiro atoms. The number of aliphatic carboxylic acids is 1. The van der Waals surface area contributed by atoms with Gasteiger partial charge in [-0.2, -0.15) is 13.5 Å². The van der Waals surface area contributed by atoms with E-state index in [2.05, 4.69) is 30.0 Å². The van der Waals surface area contributed by atoms with Gasteiger partial charge in [-0.1, -0.05) is 28.1 Å². The highest BCUT2D eigenvalue weighted by Crippen LogP contribution is 2.33. The highest BCUT2D eigenvalue weighted by Gasteiger charge is 2.58. The number of nitrogens with zero attached hydrogens (tertiary/aromatic N) is 4. The van der Waals surface area contributed by atoms with Crippen LogP contribution in [0.5, 0.6) is 5.75 Å². The van der Waals surface area contributed by atoms with E-state index in [-0.39, 0.29) is 27.0 Å². The topological polar surface area (TPSA) is 270 Å². The maximum absolute atomic E-state index is 13.3. The van der Waals surface area contributed by atoms with Crippen molar-refractivity contribution in [3.8, 4) is 5.75 Å². The Hall–Kier alpha value is -4.08. The summed E-state index contributed by atoms with van der Waals surface area (Å²) in [6, 6.07) is 5.19. The highest BCUT2D eigenvalue weighted by molar-refractivity contribution is 7.80. The smallest absolute Gasteiger partial charge is 0.418 e. The molecule has 1 aromatic heterocycles. The first-order valence-corrected chi connectivity index (χ1v) is 16.1. The number of ether oxygens (including phenoxy) is 1. The third-order valence-electron chi connectivity index (χ3n) is 6.85. The minimum Gasteiger partial charge on any atom is -0.489 e. The van der Waals surface area contributed by atoms with E-state index in [1.54, 1.807) is 24.3 Å². The van der Waals surface area contributed by atoms with Crippen molar-refractivity contribution in [3.63, 3.8) is 0 Å².